The quantitative estimate of drug-likeness (QED) is 0.167. The molecule has 12 rings (SSSR count). The summed E-state index contributed by atoms with van der Waals surface area (Å²) >= 11 is 0. The van der Waals surface area contributed by atoms with Crippen molar-refractivity contribution in [2.24, 2.45) is 0 Å². The number of benzene rings is 10. The third-order valence-corrected chi connectivity index (χ3v) is 12.1. The van der Waals surface area contributed by atoms with Gasteiger partial charge in [0.1, 0.15) is 0 Å². The van der Waals surface area contributed by atoms with Gasteiger partial charge in [0.25, 0.3) is 0 Å². The van der Waals surface area contributed by atoms with E-state index in [-0.39, 0.29) is 0 Å². The standard InChI is InChI=1S/C53H33N/c1-54(35-21-9-4-10-22-35)45-29-28-41-50-43(30-34-20-11-12-23-36(34)51(45)50)53-47(33-18-7-3-8-19-33)49-40-27-15-26-39-37-24-13-14-25-38(37)42(48(39)40)31-44(49)46(52(41)53)32-16-5-2-6-17-32/h2-31H,1H3. The van der Waals surface area contributed by atoms with Gasteiger partial charge in [0.2, 0.25) is 0 Å². The summed E-state index contributed by atoms with van der Waals surface area (Å²) in [6.07, 6.45) is 0. The van der Waals surface area contributed by atoms with Crippen molar-refractivity contribution in [3.63, 3.8) is 0 Å². The summed E-state index contributed by atoms with van der Waals surface area (Å²) in [7, 11) is 2.21. The summed E-state index contributed by atoms with van der Waals surface area (Å²) in [6, 6.07) is 67.6. The third-order valence-electron chi connectivity index (χ3n) is 12.1. The fraction of sp³-hybridized carbons (Fsp3) is 0.0189. The highest BCUT2D eigenvalue weighted by Gasteiger charge is 2.28. The molecule has 0 aliphatic rings. The van der Waals surface area contributed by atoms with Crippen LogP contribution in [0.3, 0.4) is 0 Å². The van der Waals surface area contributed by atoms with Crippen LogP contribution in [-0.4, -0.2) is 7.05 Å². The molecule has 0 atom stereocenters. The average molecular weight is 684 g/mol. The summed E-state index contributed by atoms with van der Waals surface area (Å²) in [4.78, 5) is 2.36. The van der Waals surface area contributed by atoms with Crippen LogP contribution in [0.4, 0.5) is 11.4 Å². The highest BCUT2D eigenvalue weighted by atomic mass is 15.1. The topological polar surface area (TPSA) is 3.24 Å². The molecule has 250 valence electrons. The van der Waals surface area contributed by atoms with Gasteiger partial charge < -0.3 is 4.90 Å². The minimum atomic E-state index is 1.17. The minimum absolute atomic E-state index is 1.17. The maximum Gasteiger partial charge on any atom is 0.0494 e. The van der Waals surface area contributed by atoms with Crippen LogP contribution >= 0.6 is 0 Å². The first-order valence-electron chi connectivity index (χ1n) is 18.8. The second-order valence-electron chi connectivity index (χ2n) is 14.8. The molecule has 0 saturated heterocycles. The van der Waals surface area contributed by atoms with Crippen molar-refractivity contribution in [1.29, 1.82) is 0 Å². The molecule has 1 nitrogen and oxygen atoms in total. The Morgan fingerprint density at radius 2 is 0.852 bits per heavy atom. The molecule has 0 spiro atoms. The lowest BCUT2D eigenvalue weighted by molar-refractivity contribution is 1.22. The third kappa shape index (κ3) is 3.88. The highest BCUT2D eigenvalue weighted by Crippen LogP contribution is 2.56. The van der Waals surface area contributed by atoms with Gasteiger partial charge in [-0.2, -0.15) is 0 Å². The molecule has 0 aromatic heterocycles. The van der Waals surface area contributed by atoms with Crippen LogP contribution in [0.15, 0.2) is 182 Å². The average Bonchev–Trinajstić information content (AvgIpc) is 3.74. The number of fused-ring (bicyclic) bond motifs is 10. The predicted molar refractivity (Wildman–Crippen MR) is 234 cm³/mol. The summed E-state index contributed by atoms with van der Waals surface area (Å²) in [5.41, 5.74) is 7.47. The van der Waals surface area contributed by atoms with E-state index in [9.17, 15) is 0 Å². The van der Waals surface area contributed by atoms with E-state index >= 15 is 0 Å². The van der Waals surface area contributed by atoms with E-state index in [0.717, 1.165) is 0 Å². The van der Waals surface area contributed by atoms with Crippen molar-refractivity contribution in [3.8, 4) is 22.3 Å². The maximum atomic E-state index is 2.52. The first-order valence-corrected chi connectivity index (χ1v) is 18.8. The van der Waals surface area contributed by atoms with E-state index in [1.165, 1.54) is 120 Å². The Labute approximate surface area is 312 Å². The van der Waals surface area contributed by atoms with Gasteiger partial charge in [-0.05, 0) is 128 Å². The normalized spacial score (nSPS) is 12.2. The van der Waals surface area contributed by atoms with Crippen molar-refractivity contribution in [3.05, 3.63) is 182 Å². The van der Waals surface area contributed by atoms with Gasteiger partial charge in [-0.15, -0.1) is 0 Å². The molecule has 54 heavy (non-hydrogen) atoms. The second kappa shape index (κ2) is 11.0. The van der Waals surface area contributed by atoms with Gasteiger partial charge in [0, 0.05) is 29.2 Å². The zero-order valence-electron chi connectivity index (χ0n) is 29.8. The van der Waals surface area contributed by atoms with E-state index in [1.54, 1.807) is 0 Å². The number of para-hydroxylation sites is 1. The van der Waals surface area contributed by atoms with E-state index in [0.29, 0.717) is 0 Å². The number of hydrogen-bond donors (Lipinski definition) is 0. The van der Waals surface area contributed by atoms with Crippen LogP contribution in [-0.2, 0) is 0 Å². The molecular formula is C53H33N. The molecular weight excluding hydrogens is 651 g/mol. The SMILES string of the molecule is CN(c1ccccc1)c1ccc2c3c(-c4ccccc4)c4cc5c6ccccc6c6cccc(c4c(-c4ccccc4)c3c3cc4ccccc4c1c23)c65. The Morgan fingerprint density at radius 1 is 0.296 bits per heavy atom. The lowest BCUT2D eigenvalue weighted by Crippen LogP contribution is -2.09. The second-order valence-corrected chi connectivity index (χ2v) is 14.8. The maximum absolute atomic E-state index is 2.52. The Bertz CT molecular complexity index is 3420. The molecule has 0 amide bonds. The number of hydrogen-bond acceptors (Lipinski definition) is 1. The van der Waals surface area contributed by atoms with Crippen molar-refractivity contribution in [2.75, 3.05) is 11.9 Å². The van der Waals surface area contributed by atoms with Gasteiger partial charge in [-0.3, -0.25) is 0 Å². The summed E-state index contributed by atoms with van der Waals surface area (Å²) in [6.45, 7) is 0. The van der Waals surface area contributed by atoms with Gasteiger partial charge in [-0.25, -0.2) is 0 Å². The smallest absolute Gasteiger partial charge is 0.0494 e. The van der Waals surface area contributed by atoms with Gasteiger partial charge in [0.15, 0.2) is 0 Å². The van der Waals surface area contributed by atoms with E-state index < -0.39 is 0 Å². The van der Waals surface area contributed by atoms with Gasteiger partial charge in [-0.1, -0.05) is 152 Å². The first kappa shape index (κ1) is 29.6. The number of nitrogens with zero attached hydrogens (tertiary/aromatic N) is 1. The zero-order chi connectivity index (χ0) is 35.5. The molecule has 0 radical (unpaired) electrons. The first-order chi connectivity index (χ1) is 26.8. The van der Waals surface area contributed by atoms with Crippen molar-refractivity contribution in [2.45, 2.75) is 0 Å². The van der Waals surface area contributed by atoms with Crippen molar-refractivity contribution in [1.82, 2.24) is 0 Å². The number of anilines is 2. The van der Waals surface area contributed by atoms with E-state index in [4.69, 9.17) is 0 Å². The summed E-state index contributed by atoms with van der Waals surface area (Å²) < 4.78 is 0. The Hall–Kier alpha value is -6.96. The molecule has 0 saturated carbocycles. The van der Waals surface area contributed by atoms with Crippen molar-refractivity contribution >= 4 is 97.6 Å². The Balaban J connectivity index is 1.40. The molecule has 0 bridgehead atoms. The van der Waals surface area contributed by atoms with Crippen molar-refractivity contribution < 1.29 is 0 Å². The fourth-order valence-corrected chi connectivity index (χ4v) is 9.89. The van der Waals surface area contributed by atoms with Crippen LogP contribution in [0.1, 0.15) is 0 Å². The number of rotatable bonds is 4. The van der Waals surface area contributed by atoms with Crippen LogP contribution in [0.25, 0.3) is 108 Å². The molecule has 0 heterocycles. The van der Waals surface area contributed by atoms with E-state index in [1.807, 2.05) is 0 Å². The lowest BCUT2D eigenvalue weighted by atomic mass is 9.84. The van der Waals surface area contributed by atoms with Gasteiger partial charge >= 0.3 is 0 Å². The predicted octanol–water partition coefficient (Wildman–Crippen LogP) is 14.9. The Morgan fingerprint density at radius 3 is 1.59 bits per heavy atom. The lowest BCUT2D eigenvalue weighted by Gasteiger charge is -2.22. The Kier molecular flexibility index (Phi) is 6.04. The minimum Gasteiger partial charge on any atom is -0.344 e. The summed E-state index contributed by atoms with van der Waals surface area (Å²) in [5, 5.41) is 21.0. The molecule has 0 unspecified atom stereocenters. The van der Waals surface area contributed by atoms with E-state index in [2.05, 4.69) is 194 Å². The molecule has 1 heteroatoms. The molecule has 0 aliphatic heterocycles. The molecule has 0 fully saturated rings. The van der Waals surface area contributed by atoms with Crippen LogP contribution in [0.5, 0.6) is 0 Å². The molecule has 0 aliphatic carbocycles. The summed E-state index contributed by atoms with van der Waals surface area (Å²) in [5.74, 6) is 0. The van der Waals surface area contributed by atoms with Crippen LogP contribution < -0.4 is 4.90 Å². The monoisotopic (exact) mass is 683 g/mol. The van der Waals surface area contributed by atoms with Gasteiger partial charge in [0.05, 0.1) is 0 Å². The molecule has 12 aromatic rings. The largest absolute Gasteiger partial charge is 0.344 e. The molecule has 0 N–H and O–H groups in total. The zero-order valence-corrected chi connectivity index (χ0v) is 29.8. The fourth-order valence-electron chi connectivity index (χ4n) is 9.89. The van der Waals surface area contributed by atoms with Crippen LogP contribution in [0.2, 0.25) is 0 Å². The molecule has 12 aromatic carbocycles. The van der Waals surface area contributed by atoms with Crippen LogP contribution in [0, 0.1) is 0 Å². The highest BCUT2D eigenvalue weighted by molar-refractivity contribution is 6.46.